The first-order valence-electron chi connectivity index (χ1n) is 6.13. The van der Waals surface area contributed by atoms with E-state index in [-0.39, 0.29) is 5.78 Å². The molecule has 2 nitrogen and oxygen atoms in total. The molecule has 0 aliphatic carbocycles. The van der Waals surface area contributed by atoms with Gasteiger partial charge < -0.3 is 4.74 Å². The summed E-state index contributed by atoms with van der Waals surface area (Å²) in [5.41, 5.74) is 2.90. The standard InChI is InChI=1S/C16H14Br2O2/c1-9-6-13(7-10(2)16(9)18)20-12-4-5-14(11(3)19)15(17)8-12/h4-8H,1-3H3. The third-order valence-electron chi connectivity index (χ3n) is 2.97. The van der Waals surface area contributed by atoms with Crippen molar-refractivity contribution in [3.8, 4) is 11.5 Å². The number of aryl methyl sites for hydroxylation is 2. The van der Waals surface area contributed by atoms with Crippen LogP contribution in [0.1, 0.15) is 28.4 Å². The number of ether oxygens (including phenoxy) is 1. The van der Waals surface area contributed by atoms with Gasteiger partial charge in [0.1, 0.15) is 11.5 Å². The fraction of sp³-hybridized carbons (Fsp3) is 0.188. The predicted octanol–water partition coefficient (Wildman–Crippen LogP) is 5.82. The van der Waals surface area contributed by atoms with E-state index in [1.807, 2.05) is 32.0 Å². The van der Waals surface area contributed by atoms with Crippen molar-refractivity contribution in [2.24, 2.45) is 0 Å². The molecule has 0 atom stereocenters. The number of hydrogen-bond acceptors (Lipinski definition) is 2. The monoisotopic (exact) mass is 396 g/mol. The molecule has 20 heavy (non-hydrogen) atoms. The Morgan fingerprint density at radius 3 is 2.10 bits per heavy atom. The SMILES string of the molecule is CC(=O)c1ccc(Oc2cc(C)c(Br)c(C)c2)cc1Br. The Balaban J connectivity index is 2.31. The third-order valence-corrected chi connectivity index (χ3v) is 4.87. The van der Waals surface area contributed by atoms with Crippen LogP contribution in [0.5, 0.6) is 11.5 Å². The summed E-state index contributed by atoms with van der Waals surface area (Å²) >= 11 is 6.93. The first-order chi connectivity index (χ1) is 9.38. The molecule has 0 N–H and O–H groups in total. The summed E-state index contributed by atoms with van der Waals surface area (Å²) in [6, 6.07) is 9.33. The molecule has 0 saturated carbocycles. The Morgan fingerprint density at radius 2 is 1.60 bits per heavy atom. The summed E-state index contributed by atoms with van der Waals surface area (Å²) in [5, 5.41) is 0. The van der Waals surface area contributed by atoms with Crippen LogP contribution in [-0.2, 0) is 0 Å². The minimum Gasteiger partial charge on any atom is -0.457 e. The summed E-state index contributed by atoms with van der Waals surface area (Å²) in [6.07, 6.45) is 0. The average Bonchev–Trinajstić information content (AvgIpc) is 2.35. The smallest absolute Gasteiger partial charge is 0.160 e. The molecule has 0 aliphatic rings. The lowest BCUT2D eigenvalue weighted by Crippen LogP contribution is -1.94. The molecule has 0 spiro atoms. The minimum absolute atomic E-state index is 0.0266. The second-order valence-corrected chi connectivity index (χ2v) is 6.32. The zero-order valence-electron chi connectivity index (χ0n) is 11.5. The van der Waals surface area contributed by atoms with E-state index >= 15 is 0 Å². The molecule has 0 heterocycles. The Morgan fingerprint density at radius 1 is 1.00 bits per heavy atom. The molecule has 0 aliphatic heterocycles. The normalized spacial score (nSPS) is 10.4. The van der Waals surface area contributed by atoms with Crippen LogP contribution in [0.2, 0.25) is 0 Å². The summed E-state index contributed by atoms with van der Waals surface area (Å²) in [5.74, 6) is 1.51. The fourth-order valence-electron chi connectivity index (χ4n) is 1.95. The van der Waals surface area contributed by atoms with E-state index < -0.39 is 0 Å². The topological polar surface area (TPSA) is 26.3 Å². The maximum Gasteiger partial charge on any atom is 0.160 e. The van der Waals surface area contributed by atoms with Crippen molar-refractivity contribution >= 4 is 37.6 Å². The second kappa shape index (κ2) is 6.10. The van der Waals surface area contributed by atoms with Crippen LogP contribution < -0.4 is 4.74 Å². The quantitative estimate of drug-likeness (QED) is 0.609. The maximum atomic E-state index is 11.4. The van der Waals surface area contributed by atoms with Crippen LogP contribution in [0.25, 0.3) is 0 Å². The van der Waals surface area contributed by atoms with Crippen molar-refractivity contribution in [1.82, 2.24) is 0 Å². The number of ketones is 1. The van der Waals surface area contributed by atoms with Crippen molar-refractivity contribution in [3.63, 3.8) is 0 Å². The summed E-state index contributed by atoms with van der Waals surface area (Å²) in [7, 11) is 0. The van der Waals surface area contributed by atoms with Crippen LogP contribution in [0.15, 0.2) is 39.3 Å². The van der Waals surface area contributed by atoms with Crippen molar-refractivity contribution in [1.29, 1.82) is 0 Å². The zero-order chi connectivity index (χ0) is 14.9. The molecule has 4 heteroatoms. The first kappa shape index (κ1) is 15.3. The van der Waals surface area contributed by atoms with Crippen molar-refractivity contribution in [2.45, 2.75) is 20.8 Å². The molecule has 2 aromatic carbocycles. The van der Waals surface area contributed by atoms with E-state index in [1.165, 1.54) is 0 Å². The highest BCUT2D eigenvalue weighted by atomic mass is 79.9. The molecule has 0 fully saturated rings. The van der Waals surface area contributed by atoms with Gasteiger partial charge in [0, 0.05) is 14.5 Å². The molecule has 2 aromatic rings. The molecule has 0 bridgehead atoms. The number of carbonyl (C=O) groups excluding carboxylic acids is 1. The predicted molar refractivity (Wildman–Crippen MR) is 87.8 cm³/mol. The Bertz CT molecular complexity index is 655. The Hall–Kier alpha value is -1.13. The van der Waals surface area contributed by atoms with Crippen LogP contribution in [-0.4, -0.2) is 5.78 Å². The number of rotatable bonds is 3. The number of benzene rings is 2. The number of hydrogen-bond donors (Lipinski definition) is 0. The van der Waals surface area contributed by atoms with Gasteiger partial charge in [-0.05, 0) is 78.2 Å². The highest BCUT2D eigenvalue weighted by Crippen LogP contribution is 2.31. The highest BCUT2D eigenvalue weighted by Gasteiger charge is 2.08. The molecular weight excluding hydrogens is 384 g/mol. The van der Waals surface area contributed by atoms with Gasteiger partial charge in [0.15, 0.2) is 5.78 Å². The van der Waals surface area contributed by atoms with E-state index in [0.717, 1.165) is 25.8 Å². The molecular formula is C16H14Br2O2. The summed E-state index contributed by atoms with van der Waals surface area (Å²) in [4.78, 5) is 11.4. The third kappa shape index (κ3) is 3.30. The van der Waals surface area contributed by atoms with Gasteiger partial charge in [-0.1, -0.05) is 15.9 Å². The Kier molecular flexibility index (Phi) is 4.66. The summed E-state index contributed by atoms with van der Waals surface area (Å²) in [6.45, 7) is 5.60. The number of halogens is 2. The van der Waals surface area contributed by atoms with Crippen LogP contribution in [0.4, 0.5) is 0 Å². The van der Waals surface area contributed by atoms with Gasteiger partial charge in [0.25, 0.3) is 0 Å². The molecule has 104 valence electrons. The molecule has 0 unspecified atom stereocenters. The molecule has 0 amide bonds. The van der Waals surface area contributed by atoms with E-state index in [9.17, 15) is 4.79 Å². The van der Waals surface area contributed by atoms with Crippen molar-refractivity contribution in [2.75, 3.05) is 0 Å². The van der Waals surface area contributed by atoms with E-state index in [1.54, 1.807) is 19.1 Å². The van der Waals surface area contributed by atoms with Gasteiger partial charge in [-0.15, -0.1) is 0 Å². The Labute approximate surface area is 135 Å². The first-order valence-corrected chi connectivity index (χ1v) is 7.72. The number of carbonyl (C=O) groups is 1. The van der Waals surface area contributed by atoms with Gasteiger partial charge in [0.05, 0.1) is 0 Å². The van der Waals surface area contributed by atoms with Gasteiger partial charge >= 0.3 is 0 Å². The van der Waals surface area contributed by atoms with Crippen LogP contribution >= 0.6 is 31.9 Å². The summed E-state index contributed by atoms with van der Waals surface area (Å²) < 4.78 is 7.69. The van der Waals surface area contributed by atoms with Gasteiger partial charge in [-0.2, -0.15) is 0 Å². The van der Waals surface area contributed by atoms with E-state index in [0.29, 0.717) is 11.3 Å². The van der Waals surface area contributed by atoms with Crippen LogP contribution in [0.3, 0.4) is 0 Å². The zero-order valence-corrected chi connectivity index (χ0v) is 14.6. The minimum atomic E-state index is 0.0266. The molecule has 0 saturated heterocycles. The lowest BCUT2D eigenvalue weighted by molar-refractivity contribution is 0.101. The van der Waals surface area contributed by atoms with Crippen LogP contribution in [0, 0.1) is 13.8 Å². The average molecular weight is 398 g/mol. The van der Waals surface area contributed by atoms with E-state index in [4.69, 9.17) is 4.74 Å². The lowest BCUT2D eigenvalue weighted by Gasteiger charge is -2.11. The molecule has 0 radical (unpaired) electrons. The number of Topliss-reactive ketones (excluding diaryl/α,β-unsaturated/α-hetero) is 1. The second-order valence-electron chi connectivity index (χ2n) is 4.67. The lowest BCUT2D eigenvalue weighted by atomic mass is 10.1. The van der Waals surface area contributed by atoms with Gasteiger partial charge in [-0.3, -0.25) is 4.79 Å². The van der Waals surface area contributed by atoms with Crippen molar-refractivity contribution < 1.29 is 9.53 Å². The molecule has 0 aromatic heterocycles. The van der Waals surface area contributed by atoms with Crippen molar-refractivity contribution in [3.05, 3.63) is 56.0 Å². The fourth-order valence-corrected chi connectivity index (χ4v) is 2.81. The van der Waals surface area contributed by atoms with Gasteiger partial charge in [-0.25, -0.2) is 0 Å². The van der Waals surface area contributed by atoms with Gasteiger partial charge in [0.2, 0.25) is 0 Å². The largest absolute Gasteiger partial charge is 0.457 e. The highest BCUT2D eigenvalue weighted by molar-refractivity contribution is 9.10. The van der Waals surface area contributed by atoms with E-state index in [2.05, 4.69) is 31.9 Å². The molecule has 2 rings (SSSR count). The maximum absolute atomic E-state index is 11.4.